The molecule has 0 radical (unpaired) electrons. The van der Waals surface area contributed by atoms with Crippen molar-refractivity contribution in [3.05, 3.63) is 54.1 Å². The second-order valence-corrected chi connectivity index (χ2v) is 7.09. The molecule has 0 saturated heterocycles. The molecule has 0 spiro atoms. The van der Waals surface area contributed by atoms with E-state index in [1.165, 1.54) is 38.4 Å². The molecule has 0 N–H and O–H groups in total. The van der Waals surface area contributed by atoms with Crippen molar-refractivity contribution in [1.29, 1.82) is 5.26 Å². The van der Waals surface area contributed by atoms with Crippen LogP contribution in [0.5, 0.6) is 11.5 Å². The van der Waals surface area contributed by atoms with Gasteiger partial charge < -0.3 is 9.47 Å². The molecule has 0 fully saturated rings. The van der Waals surface area contributed by atoms with Crippen LogP contribution in [-0.4, -0.2) is 39.4 Å². The standard InChI is InChI=1S/C17H16N2O5S/c1-19(25(21,22)16-9-3-13(11-18)4-10-16)12-17(20)24-15-7-5-14(23-2)6-8-15/h3-10H,12H2,1-2H3. The second kappa shape index (κ2) is 7.79. The highest BCUT2D eigenvalue weighted by Crippen LogP contribution is 2.18. The van der Waals surface area contributed by atoms with E-state index in [1.807, 2.05) is 6.07 Å². The van der Waals surface area contributed by atoms with Crippen LogP contribution in [0.4, 0.5) is 0 Å². The number of nitriles is 1. The van der Waals surface area contributed by atoms with Crippen molar-refractivity contribution in [1.82, 2.24) is 4.31 Å². The van der Waals surface area contributed by atoms with Crippen LogP contribution in [0.3, 0.4) is 0 Å². The Bertz CT molecular complexity index is 884. The van der Waals surface area contributed by atoms with Crippen molar-refractivity contribution < 1.29 is 22.7 Å². The van der Waals surface area contributed by atoms with E-state index < -0.39 is 22.5 Å². The molecule has 25 heavy (non-hydrogen) atoms. The normalized spacial score (nSPS) is 11.0. The third-order valence-corrected chi connectivity index (χ3v) is 5.15. The van der Waals surface area contributed by atoms with E-state index >= 15 is 0 Å². The molecule has 0 heterocycles. The van der Waals surface area contributed by atoms with Crippen LogP contribution in [0.2, 0.25) is 0 Å². The van der Waals surface area contributed by atoms with Gasteiger partial charge >= 0.3 is 5.97 Å². The van der Waals surface area contributed by atoms with Crippen LogP contribution in [0, 0.1) is 11.3 Å². The highest BCUT2D eigenvalue weighted by molar-refractivity contribution is 7.89. The molecule has 0 bridgehead atoms. The van der Waals surface area contributed by atoms with E-state index in [9.17, 15) is 13.2 Å². The Labute approximate surface area is 146 Å². The first-order valence-corrected chi connectivity index (χ1v) is 8.62. The van der Waals surface area contributed by atoms with Gasteiger partial charge in [0.15, 0.2) is 0 Å². The molecule has 2 aromatic rings. The fourth-order valence-corrected chi connectivity index (χ4v) is 3.07. The van der Waals surface area contributed by atoms with Gasteiger partial charge in [-0.05, 0) is 48.5 Å². The smallest absolute Gasteiger partial charge is 0.326 e. The summed E-state index contributed by atoms with van der Waals surface area (Å²) in [5.74, 6) is 0.181. The number of methoxy groups -OCH3 is 1. The molecule has 0 aliphatic heterocycles. The maximum atomic E-state index is 12.4. The lowest BCUT2D eigenvalue weighted by Gasteiger charge is -2.16. The van der Waals surface area contributed by atoms with Crippen LogP contribution >= 0.6 is 0 Å². The third kappa shape index (κ3) is 4.56. The highest BCUT2D eigenvalue weighted by Gasteiger charge is 2.23. The largest absolute Gasteiger partial charge is 0.497 e. The molecular formula is C17H16N2O5S. The number of likely N-dealkylation sites (N-methyl/N-ethyl adjacent to an activating group) is 1. The minimum atomic E-state index is -3.86. The molecule has 0 aromatic heterocycles. The van der Waals surface area contributed by atoms with Gasteiger partial charge in [-0.15, -0.1) is 0 Å². The Hall–Kier alpha value is -2.89. The minimum absolute atomic E-state index is 0.00810. The SMILES string of the molecule is COc1ccc(OC(=O)CN(C)S(=O)(=O)c2ccc(C#N)cc2)cc1. The summed E-state index contributed by atoms with van der Waals surface area (Å²) in [5.41, 5.74) is 0.348. The zero-order valence-electron chi connectivity index (χ0n) is 13.7. The molecule has 2 rings (SSSR count). The zero-order valence-corrected chi connectivity index (χ0v) is 14.5. The summed E-state index contributed by atoms with van der Waals surface area (Å²) in [6, 6.07) is 13.7. The predicted octanol–water partition coefficient (Wildman–Crippen LogP) is 1.79. The van der Waals surface area contributed by atoms with Crippen LogP contribution in [0.15, 0.2) is 53.4 Å². The van der Waals surface area contributed by atoms with Crippen molar-refractivity contribution in [3.8, 4) is 17.6 Å². The number of esters is 1. The summed E-state index contributed by atoms with van der Waals surface area (Å²) in [6.45, 7) is -0.450. The topological polar surface area (TPSA) is 96.7 Å². The van der Waals surface area contributed by atoms with E-state index in [4.69, 9.17) is 14.7 Å². The number of benzene rings is 2. The molecule has 0 unspecified atom stereocenters. The average Bonchev–Trinajstić information content (AvgIpc) is 2.62. The lowest BCUT2D eigenvalue weighted by atomic mass is 10.2. The Morgan fingerprint density at radius 1 is 1.08 bits per heavy atom. The van der Waals surface area contributed by atoms with Gasteiger partial charge in [0.1, 0.15) is 18.0 Å². The van der Waals surface area contributed by atoms with Crippen molar-refractivity contribution in [2.75, 3.05) is 20.7 Å². The fourth-order valence-electron chi connectivity index (χ4n) is 1.96. The van der Waals surface area contributed by atoms with Crippen LogP contribution in [-0.2, 0) is 14.8 Å². The summed E-state index contributed by atoms with van der Waals surface area (Å²) < 4.78 is 35.8. The lowest BCUT2D eigenvalue weighted by Crippen LogP contribution is -2.34. The first-order chi connectivity index (χ1) is 11.9. The molecule has 0 aliphatic rings. The maximum Gasteiger partial charge on any atom is 0.326 e. The summed E-state index contributed by atoms with van der Waals surface area (Å²) in [6.07, 6.45) is 0. The molecule has 7 nitrogen and oxygen atoms in total. The van der Waals surface area contributed by atoms with E-state index in [2.05, 4.69) is 0 Å². The number of carbonyl (C=O) groups is 1. The van der Waals surface area contributed by atoms with Crippen molar-refractivity contribution in [2.24, 2.45) is 0 Å². The summed E-state index contributed by atoms with van der Waals surface area (Å²) in [7, 11) is -1.06. The van der Waals surface area contributed by atoms with Gasteiger partial charge in [-0.3, -0.25) is 4.79 Å². The van der Waals surface area contributed by atoms with Crippen LogP contribution in [0.1, 0.15) is 5.56 Å². The van der Waals surface area contributed by atoms with Crippen LogP contribution in [0.25, 0.3) is 0 Å². The van der Waals surface area contributed by atoms with Gasteiger partial charge in [-0.2, -0.15) is 9.57 Å². The summed E-state index contributed by atoms with van der Waals surface area (Å²) in [4.78, 5) is 11.9. The van der Waals surface area contributed by atoms with E-state index in [0.717, 1.165) is 4.31 Å². The summed E-state index contributed by atoms with van der Waals surface area (Å²) in [5, 5.41) is 8.75. The second-order valence-electron chi connectivity index (χ2n) is 5.05. The van der Waals surface area contributed by atoms with E-state index in [-0.39, 0.29) is 10.6 Å². The minimum Gasteiger partial charge on any atom is -0.497 e. The first kappa shape index (κ1) is 18.4. The Balaban J connectivity index is 2.04. The first-order valence-electron chi connectivity index (χ1n) is 7.18. The Morgan fingerprint density at radius 2 is 1.64 bits per heavy atom. The third-order valence-electron chi connectivity index (χ3n) is 3.33. The van der Waals surface area contributed by atoms with Crippen molar-refractivity contribution in [2.45, 2.75) is 4.90 Å². The molecule has 0 aliphatic carbocycles. The van der Waals surface area contributed by atoms with E-state index in [0.29, 0.717) is 11.3 Å². The van der Waals surface area contributed by atoms with Gasteiger partial charge in [-0.25, -0.2) is 8.42 Å². The van der Waals surface area contributed by atoms with Gasteiger partial charge in [0.05, 0.1) is 23.6 Å². The van der Waals surface area contributed by atoms with E-state index in [1.54, 1.807) is 24.3 Å². The molecule has 2 aromatic carbocycles. The Kier molecular flexibility index (Phi) is 5.75. The van der Waals surface area contributed by atoms with Crippen molar-refractivity contribution >= 4 is 16.0 Å². The number of hydrogen-bond acceptors (Lipinski definition) is 6. The van der Waals surface area contributed by atoms with Crippen molar-refractivity contribution in [3.63, 3.8) is 0 Å². The molecule has 8 heteroatoms. The molecule has 0 atom stereocenters. The average molecular weight is 360 g/mol. The highest BCUT2D eigenvalue weighted by atomic mass is 32.2. The van der Waals surface area contributed by atoms with Gasteiger partial charge in [0, 0.05) is 7.05 Å². The number of ether oxygens (including phenoxy) is 2. The molecular weight excluding hydrogens is 344 g/mol. The summed E-state index contributed by atoms with van der Waals surface area (Å²) >= 11 is 0. The number of rotatable bonds is 6. The molecule has 130 valence electrons. The van der Waals surface area contributed by atoms with Gasteiger partial charge in [0.2, 0.25) is 10.0 Å². The number of sulfonamides is 1. The number of carbonyl (C=O) groups excluding carboxylic acids is 1. The Morgan fingerprint density at radius 3 is 2.16 bits per heavy atom. The number of hydrogen-bond donors (Lipinski definition) is 0. The van der Waals surface area contributed by atoms with Gasteiger partial charge in [-0.1, -0.05) is 0 Å². The zero-order chi connectivity index (χ0) is 18.4. The molecule has 0 amide bonds. The van der Waals surface area contributed by atoms with Crippen LogP contribution < -0.4 is 9.47 Å². The number of nitrogens with zero attached hydrogens (tertiary/aromatic N) is 2. The quantitative estimate of drug-likeness (QED) is 0.575. The lowest BCUT2D eigenvalue weighted by molar-refractivity contribution is -0.134. The monoisotopic (exact) mass is 360 g/mol. The van der Waals surface area contributed by atoms with Gasteiger partial charge in [0.25, 0.3) is 0 Å². The maximum absolute atomic E-state index is 12.4. The molecule has 0 saturated carbocycles. The fraction of sp³-hybridized carbons (Fsp3) is 0.176. The predicted molar refractivity (Wildman–Crippen MR) is 89.6 cm³/mol.